The largest absolute Gasteiger partial charge is 0.388 e. The van der Waals surface area contributed by atoms with Gasteiger partial charge in [-0.2, -0.15) is 0 Å². The highest BCUT2D eigenvalue weighted by atomic mass is 32.2. The number of aliphatic hydroxyl groups is 2. The number of nitrogens with one attached hydrogen (secondary N) is 1. The Labute approximate surface area is 290 Å². The second-order valence-electron chi connectivity index (χ2n) is 14.1. The number of thioether (sulfide) groups is 1. The van der Waals surface area contributed by atoms with Gasteiger partial charge in [-0.1, -0.05) is 92.3 Å². The smallest absolute Gasteiger partial charge is 0.0941 e. The van der Waals surface area contributed by atoms with Crippen molar-refractivity contribution in [3.63, 3.8) is 0 Å². The first-order chi connectivity index (χ1) is 23.3. The van der Waals surface area contributed by atoms with Crippen molar-refractivity contribution in [1.29, 1.82) is 0 Å². The maximum atomic E-state index is 12.1. The lowest BCUT2D eigenvalue weighted by molar-refractivity contribution is 0.0361. The summed E-state index contributed by atoms with van der Waals surface area (Å²) in [6.07, 6.45) is 24.9. The average Bonchev–Trinajstić information content (AvgIpc) is 3.80. The fourth-order valence-electron chi connectivity index (χ4n) is 7.66. The summed E-state index contributed by atoms with van der Waals surface area (Å²) in [6, 6.07) is 14.8. The highest BCUT2D eigenvalue weighted by Crippen LogP contribution is 2.65. The van der Waals surface area contributed by atoms with Gasteiger partial charge in [0.05, 0.1) is 36.6 Å². The van der Waals surface area contributed by atoms with Gasteiger partial charge in [-0.15, -0.1) is 11.8 Å². The van der Waals surface area contributed by atoms with Crippen LogP contribution in [-0.2, 0) is 15.9 Å². The first-order valence-corrected chi connectivity index (χ1v) is 18.7. The molecule has 0 amide bonds. The molecule has 2 aromatic rings. The lowest BCUT2D eigenvalue weighted by Crippen LogP contribution is -2.32. The van der Waals surface area contributed by atoms with Gasteiger partial charge >= 0.3 is 0 Å². The number of benzene rings is 2. The van der Waals surface area contributed by atoms with E-state index in [-0.39, 0.29) is 35.4 Å². The molecule has 252 valence electrons. The van der Waals surface area contributed by atoms with Crippen molar-refractivity contribution in [2.45, 2.75) is 100 Å². The molecule has 1 saturated carbocycles. The number of unbranched alkanes of at least 4 members (excludes halogenated alkanes) is 1. The van der Waals surface area contributed by atoms with Crippen LogP contribution in [0.5, 0.6) is 0 Å². The third kappa shape index (κ3) is 7.10. The average molecular weight is 664 g/mol. The zero-order valence-corrected chi connectivity index (χ0v) is 29.2. The fraction of sp³-hybridized carbons (Fsp3) is 0.429. The molecule has 0 saturated heterocycles. The zero-order chi connectivity index (χ0) is 33.3. The first kappa shape index (κ1) is 33.4. The molecule has 1 fully saturated rings. The number of aliphatic hydroxyl groups excluding tert-OH is 1. The molecule has 0 bridgehead atoms. The van der Waals surface area contributed by atoms with Crippen LogP contribution in [0.4, 0.5) is 11.4 Å². The summed E-state index contributed by atoms with van der Waals surface area (Å²) in [7, 11) is 0. The standard InChI is InChI=1S/C42H49NO4S/c1-4-5-8-28-13-17-30(18-14-28)43-37-11-6-9-34-39(37)36-25-42(36,45)35-10-7-12-38(40(35)41(34)44)48-33-23-21-31(22-24-33)46-26-29-15-19-32(20-16-29)47-27(2)3/h6-7,9-19,21,23-24,27,31-32,36,38,40-41,43-45H,4-5,8,20,22,25-26H2,1-3H3. The maximum Gasteiger partial charge on any atom is 0.0941 e. The molecule has 0 aromatic heterocycles. The van der Waals surface area contributed by atoms with Crippen LogP contribution in [0.15, 0.2) is 113 Å². The predicted octanol–water partition coefficient (Wildman–Crippen LogP) is 9.16. The Hall–Kier alpha value is -3.13. The van der Waals surface area contributed by atoms with Crippen LogP contribution in [-0.4, -0.2) is 46.0 Å². The van der Waals surface area contributed by atoms with E-state index < -0.39 is 11.7 Å². The highest BCUT2D eigenvalue weighted by Gasteiger charge is 2.62. The van der Waals surface area contributed by atoms with Gasteiger partial charge in [-0.25, -0.2) is 0 Å². The van der Waals surface area contributed by atoms with Crippen molar-refractivity contribution in [3.8, 4) is 0 Å². The Morgan fingerprint density at radius 3 is 2.54 bits per heavy atom. The van der Waals surface area contributed by atoms with E-state index in [1.165, 1.54) is 28.9 Å². The molecule has 7 unspecified atom stereocenters. The van der Waals surface area contributed by atoms with Gasteiger partial charge in [0, 0.05) is 33.4 Å². The van der Waals surface area contributed by atoms with Crippen molar-refractivity contribution in [1.82, 2.24) is 0 Å². The molecule has 0 aliphatic heterocycles. The lowest BCUT2D eigenvalue weighted by atomic mass is 9.81. The Morgan fingerprint density at radius 1 is 1.00 bits per heavy atom. The lowest BCUT2D eigenvalue weighted by Gasteiger charge is -2.35. The molecule has 3 N–H and O–H groups in total. The van der Waals surface area contributed by atoms with Gasteiger partial charge in [0.1, 0.15) is 0 Å². The van der Waals surface area contributed by atoms with Crippen LogP contribution < -0.4 is 5.32 Å². The van der Waals surface area contributed by atoms with Crippen molar-refractivity contribution in [3.05, 3.63) is 130 Å². The number of aryl methyl sites for hydroxylation is 1. The number of anilines is 2. The molecule has 5 nitrogen and oxygen atoms in total. The minimum atomic E-state index is -0.943. The number of hydrogen-bond donors (Lipinski definition) is 3. The topological polar surface area (TPSA) is 71.0 Å². The van der Waals surface area contributed by atoms with Gasteiger partial charge in [0.25, 0.3) is 0 Å². The van der Waals surface area contributed by atoms with E-state index >= 15 is 0 Å². The molecule has 2 aromatic carbocycles. The minimum Gasteiger partial charge on any atom is -0.388 e. The molecular weight excluding hydrogens is 615 g/mol. The second kappa shape index (κ2) is 14.4. The summed E-state index contributed by atoms with van der Waals surface area (Å²) in [5.41, 5.74) is 6.51. The Bertz CT molecular complexity index is 1670. The summed E-state index contributed by atoms with van der Waals surface area (Å²) in [6.45, 7) is 6.94. The summed E-state index contributed by atoms with van der Waals surface area (Å²) >= 11 is 1.77. The van der Waals surface area contributed by atoms with Crippen LogP contribution in [0, 0.1) is 5.92 Å². The van der Waals surface area contributed by atoms with E-state index in [1.54, 1.807) is 11.8 Å². The number of rotatable bonds is 12. The number of fused-ring (bicyclic) bond motifs is 5. The molecule has 7 rings (SSSR count). The van der Waals surface area contributed by atoms with E-state index in [2.05, 4.69) is 117 Å². The minimum absolute atomic E-state index is 0.00425. The van der Waals surface area contributed by atoms with Crippen molar-refractivity contribution < 1.29 is 19.7 Å². The Balaban J connectivity index is 1.02. The predicted molar refractivity (Wildman–Crippen MR) is 198 cm³/mol. The van der Waals surface area contributed by atoms with Crippen LogP contribution in [0.25, 0.3) is 0 Å². The third-order valence-corrected chi connectivity index (χ3v) is 11.6. The van der Waals surface area contributed by atoms with Gasteiger partial charge in [-0.3, -0.25) is 0 Å². The summed E-state index contributed by atoms with van der Waals surface area (Å²) in [5, 5.41) is 27.8. The van der Waals surface area contributed by atoms with Gasteiger partial charge in [0.15, 0.2) is 0 Å². The van der Waals surface area contributed by atoms with E-state index in [1.807, 2.05) is 6.07 Å². The van der Waals surface area contributed by atoms with Crippen LogP contribution >= 0.6 is 11.8 Å². The number of hydrogen-bond acceptors (Lipinski definition) is 6. The van der Waals surface area contributed by atoms with E-state index in [4.69, 9.17) is 9.47 Å². The van der Waals surface area contributed by atoms with Gasteiger partial charge in [0.2, 0.25) is 0 Å². The summed E-state index contributed by atoms with van der Waals surface area (Å²) < 4.78 is 12.1. The normalized spacial score (nSPS) is 30.1. The zero-order valence-electron chi connectivity index (χ0n) is 28.3. The van der Waals surface area contributed by atoms with Crippen molar-refractivity contribution in [2.24, 2.45) is 5.92 Å². The van der Waals surface area contributed by atoms with Crippen molar-refractivity contribution >= 4 is 23.1 Å². The van der Waals surface area contributed by atoms with Crippen LogP contribution in [0.2, 0.25) is 0 Å². The molecule has 0 heterocycles. The molecule has 7 atom stereocenters. The molecular formula is C42H49NO4S. The van der Waals surface area contributed by atoms with Crippen molar-refractivity contribution in [2.75, 3.05) is 11.9 Å². The Kier molecular flexibility index (Phi) is 10.00. The molecule has 5 aliphatic carbocycles. The SMILES string of the molecule is CCCCc1ccc(Nc2cccc3c2C2CC2(O)C2=CC=CC(SC4=CCC(OCC5=CCC(OC(C)C)C=C5)C=C4)C2C3O)cc1. The van der Waals surface area contributed by atoms with Crippen LogP contribution in [0.1, 0.15) is 81.6 Å². The van der Waals surface area contributed by atoms with Crippen LogP contribution in [0.3, 0.4) is 0 Å². The van der Waals surface area contributed by atoms with E-state index in [0.717, 1.165) is 47.3 Å². The molecule has 0 spiro atoms. The third-order valence-electron chi connectivity index (χ3n) is 10.3. The van der Waals surface area contributed by atoms with Gasteiger partial charge < -0.3 is 25.0 Å². The first-order valence-electron chi connectivity index (χ1n) is 17.8. The highest BCUT2D eigenvalue weighted by molar-refractivity contribution is 8.04. The Morgan fingerprint density at radius 2 is 1.81 bits per heavy atom. The molecule has 48 heavy (non-hydrogen) atoms. The number of allylic oxidation sites excluding steroid dienone is 3. The van der Waals surface area contributed by atoms with E-state index in [9.17, 15) is 10.2 Å². The molecule has 0 radical (unpaired) electrons. The number of ether oxygens (including phenoxy) is 2. The molecule has 6 heteroatoms. The van der Waals surface area contributed by atoms with Gasteiger partial charge in [-0.05, 0) is 92.0 Å². The second-order valence-corrected chi connectivity index (χ2v) is 15.4. The maximum absolute atomic E-state index is 12.1. The van der Waals surface area contributed by atoms with E-state index in [0.29, 0.717) is 13.0 Å². The quantitative estimate of drug-likeness (QED) is 0.210. The molecule has 5 aliphatic rings. The monoisotopic (exact) mass is 663 g/mol. The fourth-order valence-corrected chi connectivity index (χ4v) is 8.94. The summed E-state index contributed by atoms with van der Waals surface area (Å²) in [4.78, 5) is 1.17. The summed E-state index contributed by atoms with van der Waals surface area (Å²) in [5.74, 6) is -0.265.